The van der Waals surface area contributed by atoms with Crippen LogP contribution in [-0.2, 0) is 9.53 Å². The summed E-state index contributed by atoms with van der Waals surface area (Å²) in [6.07, 6.45) is 0.406. The molecule has 0 radical (unpaired) electrons. The number of rotatable bonds is 4. The highest BCUT2D eigenvalue weighted by Gasteiger charge is 2.44. The number of hydrogen-bond acceptors (Lipinski definition) is 4. The Morgan fingerprint density at radius 1 is 1.03 bits per heavy atom. The molecule has 0 atom stereocenters. The fourth-order valence-electron chi connectivity index (χ4n) is 4.60. The molecule has 4 rings (SSSR count). The largest absolute Gasteiger partial charge is 0.480 e. The predicted octanol–water partition coefficient (Wildman–Crippen LogP) is 3.84. The molecule has 2 aliphatic rings. The van der Waals surface area contributed by atoms with Crippen LogP contribution in [0.5, 0.6) is 0 Å². The van der Waals surface area contributed by atoms with Crippen LogP contribution in [-0.4, -0.2) is 66.3 Å². The highest BCUT2D eigenvalue weighted by molar-refractivity contribution is 5.85. The summed E-state index contributed by atoms with van der Waals surface area (Å²) in [7, 11) is 3.55. The molecule has 0 unspecified atom stereocenters. The van der Waals surface area contributed by atoms with Crippen molar-refractivity contribution in [2.75, 3.05) is 33.8 Å². The third-order valence-electron chi connectivity index (χ3n) is 6.44. The Kier molecular flexibility index (Phi) is 6.38. The molecule has 2 aromatic rings. The lowest BCUT2D eigenvalue weighted by Gasteiger charge is -2.42. The monoisotopic (exact) mass is 430 g/mol. The number of piperidine rings is 1. The van der Waals surface area contributed by atoms with Crippen molar-refractivity contribution in [1.29, 1.82) is 0 Å². The SMILES string of the molecule is CN(C)C1(C(=O)O)CCN(C(=O)OCC2c3ccccc3-c3ccccc32)CC1.Cl. The Hall–Kier alpha value is -2.57. The normalized spacial score (nSPS) is 17.1. The second-order valence-electron chi connectivity index (χ2n) is 8.02. The first kappa shape index (κ1) is 22.1. The van der Waals surface area contributed by atoms with Gasteiger partial charge in [0.2, 0.25) is 0 Å². The molecule has 0 aromatic heterocycles. The molecule has 7 heteroatoms. The van der Waals surface area contributed by atoms with E-state index in [4.69, 9.17) is 4.74 Å². The van der Waals surface area contributed by atoms with Crippen molar-refractivity contribution in [3.63, 3.8) is 0 Å². The van der Waals surface area contributed by atoms with Gasteiger partial charge in [0.25, 0.3) is 0 Å². The van der Waals surface area contributed by atoms with Crippen molar-refractivity contribution in [1.82, 2.24) is 9.80 Å². The number of likely N-dealkylation sites (tertiary alicyclic amines) is 1. The molecule has 1 aliphatic carbocycles. The number of halogens is 1. The van der Waals surface area contributed by atoms with Crippen LogP contribution in [0.15, 0.2) is 48.5 Å². The van der Waals surface area contributed by atoms with E-state index in [1.165, 1.54) is 22.3 Å². The van der Waals surface area contributed by atoms with Gasteiger partial charge in [0, 0.05) is 19.0 Å². The van der Waals surface area contributed by atoms with Crippen molar-refractivity contribution in [2.24, 2.45) is 0 Å². The Morgan fingerprint density at radius 2 is 1.53 bits per heavy atom. The van der Waals surface area contributed by atoms with E-state index >= 15 is 0 Å². The van der Waals surface area contributed by atoms with E-state index in [2.05, 4.69) is 24.3 Å². The minimum absolute atomic E-state index is 0. The van der Waals surface area contributed by atoms with Crippen LogP contribution >= 0.6 is 12.4 Å². The average Bonchev–Trinajstić information content (AvgIpc) is 3.05. The zero-order chi connectivity index (χ0) is 20.6. The molecule has 1 aliphatic heterocycles. The molecule has 0 spiro atoms. The lowest BCUT2D eigenvalue weighted by Crippen LogP contribution is -2.58. The van der Waals surface area contributed by atoms with Crippen LogP contribution in [0.25, 0.3) is 11.1 Å². The third-order valence-corrected chi connectivity index (χ3v) is 6.44. The Balaban J connectivity index is 0.00000256. The summed E-state index contributed by atoms with van der Waals surface area (Å²) in [5.74, 6) is -0.814. The highest BCUT2D eigenvalue weighted by atomic mass is 35.5. The first-order valence-electron chi connectivity index (χ1n) is 9.95. The minimum Gasteiger partial charge on any atom is -0.480 e. The highest BCUT2D eigenvalue weighted by Crippen LogP contribution is 2.44. The van der Waals surface area contributed by atoms with Crippen molar-refractivity contribution in [3.05, 3.63) is 59.7 Å². The van der Waals surface area contributed by atoms with Crippen LogP contribution < -0.4 is 0 Å². The van der Waals surface area contributed by atoms with Gasteiger partial charge in [-0.2, -0.15) is 0 Å². The van der Waals surface area contributed by atoms with Gasteiger partial charge in [-0.1, -0.05) is 48.5 Å². The number of fused-ring (bicyclic) bond motifs is 3. The van der Waals surface area contributed by atoms with Gasteiger partial charge in [-0.05, 0) is 49.2 Å². The number of nitrogens with zero attached hydrogens (tertiary/aromatic N) is 2. The fraction of sp³-hybridized carbons (Fsp3) is 0.391. The summed E-state index contributed by atoms with van der Waals surface area (Å²) in [4.78, 5) is 27.8. The quantitative estimate of drug-likeness (QED) is 0.798. The molecule has 1 saturated heterocycles. The van der Waals surface area contributed by atoms with Crippen molar-refractivity contribution >= 4 is 24.5 Å². The number of benzene rings is 2. The van der Waals surface area contributed by atoms with Crippen LogP contribution in [0.1, 0.15) is 29.9 Å². The Morgan fingerprint density at radius 3 is 2.00 bits per heavy atom. The van der Waals surface area contributed by atoms with E-state index in [0.717, 1.165) is 0 Å². The zero-order valence-corrected chi connectivity index (χ0v) is 18.0. The molecule has 2 aromatic carbocycles. The molecule has 0 saturated carbocycles. The average molecular weight is 431 g/mol. The van der Waals surface area contributed by atoms with Crippen molar-refractivity contribution < 1.29 is 19.4 Å². The van der Waals surface area contributed by atoms with Gasteiger partial charge in [-0.25, -0.2) is 4.79 Å². The van der Waals surface area contributed by atoms with Crippen LogP contribution in [0.2, 0.25) is 0 Å². The van der Waals surface area contributed by atoms with E-state index in [-0.39, 0.29) is 31.0 Å². The van der Waals surface area contributed by atoms with Gasteiger partial charge in [-0.15, -0.1) is 12.4 Å². The summed E-state index contributed by atoms with van der Waals surface area (Å²) in [6, 6.07) is 16.5. The minimum atomic E-state index is -0.917. The maximum atomic E-state index is 12.7. The molecule has 30 heavy (non-hydrogen) atoms. The van der Waals surface area contributed by atoms with E-state index in [0.29, 0.717) is 25.9 Å². The smallest absolute Gasteiger partial charge is 0.409 e. The number of hydrogen-bond donors (Lipinski definition) is 1. The molecule has 160 valence electrons. The third kappa shape index (κ3) is 3.66. The topological polar surface area (TPSA) is 70.1 Å². The van der Waals surface area contributed by atoms with Gasteiger partial charge < -0.3 is 14.7 Å². The molecule has 1 amide bonds. The second kappa shape index (κ2) is 8.66. The molecular formula is C23H27ClN2O4. The van der Waals surface area contributed by atoms with Gasteiger partial charge in [-0.3, -0.25) is 9.69 Å². The standard InChI is InChI=1S/C23H26N2O4.ClH/c1-24(2)23(21(26)27)11-13-25(14-12-23)22(28)29-15-20-18-9-5-3-7-16(18)17-8-4-6-10-19(17)20;/h3-10,20H,11-15H2,1-2H3,(H,26,27);1H. The second-order valence-corrected chi connectivity index (χ2v) is 8.02. The summed E-state index contributed by atoms with van der Waals surface area (Å²) in [6.45, 7) is 1.03. The maximum absolute atomic E-state index is 12.7. The number of carbonyl (C=O) groups excluding carboxylic acids is 1. The van der Waals surface area contributed by atoms with Gasteiger partial charge in [0.05, 0.1) is 0 Å². The summed E-state index contributed by atoms with van der Waals surface area (Å²) in [5, 5.41) is 9.64. The lowest BCUT2D eigenvalue weighted by atomic mass is 9.86. The number of aliphatic carboxylic acids is 1. The maximum Gasteiger partial charge on any atom is 0.409 e. The first-order valence-corrected chi connectivity index (χ1v) is 9.95. The van der Waals surface area contributed by atoms with Gasteiger partial charge >= 0.3 is 12.1 Å². The van der Waals surface area contributed by atoms with E-state index in [9.17, 15) is 14.7 Å². The summed E-state index contributed by atoms with van der Waals surface area (Å²) < 4.78 is 5.69. The first-order chi connectivity index (χ1) is 13.9. The molecule has 6 nitrogen and oxygen atoms in total. The van der Waals surface area contributed by atoms with E-state index < -0.39 is 11.5 Å². The molecule has 1 N–H and O–H groups in total. The fourth-order valence-corrected chi connectivity index (χ4v) is 4.60. The van der Waals surface area contributed by atoms with Crippen LogP contribution in [0.3, 0.4) is 0 Å². The van der Waals surface area contributed by atoms with Crippen molar-refractivity contribution in [3.8, 4) is 11.1 Å². The number of ether oxygens (including phenoxy) is 1. The number of carbonyl (C=O) groups is 2. The van der Waals surface area contributed by atoms with E-state index in [1.807, 2.05) is 24.3 Å². The van der Waals surface area contributed by atoms with E-state index in [1.54, 1.807) is 23.9 Å². The van der Waals surface area contributed by atoms with Crippen LogP contribution in [0.4, 0.5) is 4.79 Å². The number of likely N-dealkylation sites (N-methyl/N-ethyl adjacent to an activating group) is 1. The number of carboxylic acids is 1. The van der Waals surface area contributed by atoms with Gasteiger partial charge in [0.15, 0.2) is 0 Å². The number of carboxylic acid groups (broad SMARTS) is 1. The lowest BCUT2D eigenvalue weighted by molar-refractivity contribution is -0.153. The Labute approximate surface area is 182 Å². The van der Waals surface area contributed by atoms with Crippen LogP contribution in [0, 0.1) is 0 Å². The summed E-state index contributed by atoms with van der Waals surface area (Å²) in [5.41, 5.74) is 3.83. The van der Waals surface area contributed by atoms with Gasteiger partial charge in [0.1, 0.15) is 12.1 Å². The molecular weight excluding hydrogens is 404 g/mol. The molecule has 0 bridgehead atoms. The molecule has 1 fully saturated rings. The number of amides is 1. The molecule has 1 heterocycles. The zero-order valence-electron chi connectivity index (χ0n) is 17.2. The summed E-state index contributed by atoms with van der Waals surface area (Å²) >= 11 is 0. The Bertz CT molecular complexity index is 893. The predicted molar refractivity (Wildman–Crippen MR) is 117 cm³/mol. The van der Waals surface area contributed by atoms with Crippen molar-refractivity contribution in [2.45, 2.75) is 24.3 Å².